The molecule has 60 heavy (non-hydrogen) atoms. The number of nitrogens with one attached hydrogen (secondary N) is 2. The van der Waals surface area contributed by atoms with E-state index in [2.05, 4.69) is 16.5 Å². The molecule has 0 unspecified atom stereocenters. The van der Waals surface area contributed by atoms with Crippen LogP contribution in [0.1, 0.15) is 28.3 Å². The summed E-state index contributed by atoms with van der Waals surface area (Å²) >= 11 is 0. The van der Waals surface area contributed by atoms with Crippen LogP contribution in [0.5, 0.6) is 0 Å². The van der Waals surface area contributed by atoms with Gasteiger partial charge in [0.1, 0.15) is 23.3 Å². The van der Waals surface area contributed by atoms with Crippen molar-refractivity contribution in [2.24, 2.45) is 0 Å². The Bertz CT molecular complexity index is 3280. The number of H-pyrrole nitrogens is 2. The maximum Gasteiger partial charge on any atom is 0.123 e. The van der Waals surface area contributed by atoms with E-state index in [-0.39, 0.29) is 0 Å². The topological polar surface area (TPSA) is 57.4 Å². The summed E-state index contributed by atoms with van der Waals surface area (Å²) in [5.74, 6) is -1.70. The molecule has 2 aliphatic heterocycles. The van der Waals surface area contributed by atoms with Crippen LogP contribution in [0.15, 0.2) is 146 Å². The highest BCUT2D eigenvalue weighted by Gasteiger charge is 2.22. The van der Waals surface area contributed by atoms with Gasteiger partial charge in [-0.3, -0.25) is 0 Å². The van der Waals surface area contributed by atoms with E-state index in [0.29, 0.717) is 89.4 Å². The van der Waals surface area contributed by atoms with Gasteiger partial charge in [-0.25, -0.2) is 27.5 Å². The summed E-state index contributed by atoms with van der Waals surface area (Å²) in [5, 5.41) is 0. The Morgan fingerprint density at radius 1 is 0.400 bits per heavy atom. The van der Waals surface area contributed by atoms with Crippen LogP contribution in [0.4, 0.5) is 17.6 Å². The lowest BCUT2D eigenvalue weighted by atomic mass is 9.98. The summed E-state index contributed by atoms with van der Waals surface area (Å²) < 4.78 is 60.5. The van der Waals surface area contributed by atoms with E-state index in [0.717, 1.165) is 16.7 Å². The van der Waals surface area contributed by atoms with Crippen LogP contribution in [-0.4, -0.2) is 19.9 Å². The molecule has 0 atom stereocenters. The quantitative estimate of drug-likeness (QED) is 0.165. The van der Waals surface area contributed by atoms with Gasteiger partial charge in [-0.15, -0.1) is 0 Å². The summed E-state index contributed by atoms with van der Waals surface area (Å²) in [6.45, 7) is 3.92. The van der Waals surface area contributed by atoms with Gasteiger partial charge >= 0.3 is 0 Å². The molecule has 5 heterocycles. The van der Waals surface area contributed by atoms with Crippen molar-refractivity contribution in [1.82, 2.24) is 19.9 Å². The molecule has 8 aromatic rings. The van der Waals surface area contributed by atoms with Gasteiger partial charge in [0.25, 0.3) is 0 Å². The second kappa shape index (κ2) is 14.8. The molecule has 0 spiro atoms. The van der Waals surface area contributed by atoms with Crippen molar-refractivity contribution >= 4 is 52.4 Å². The Balaban J connectivity index is 1.45. The number of hydrogen-bond donors (Lipinski definition) is 2. The van der Waals surface area contributed by atoms with Crippen LogP contribution in [-0.2, 0) is 0 Å². The summed E-state index contributed by atoms with van der Waals surface area (Å²) in [6.07, 6.45) is 9.22. The third-order valence-corrected chi connectivity index (χ3v) is 10.8. The van der Waals surface area contributed by atoms with Crippen molar-refractivity contribution < 1.29 is 17.6 Å². The van der Waals surface area contributed by atoms with Crippen LogP contribution < -0.4 is 0 Å². The number of nitrogens with zero attached hydrogens (tertiary/aromatic N) is 2. The van der Waals surface area contributed by atoms with E-state index < -0.39 is 23.3 Å². The van der Waals surface area contributed by atoms with Crippen LogP contribution in [0.3, 0.4) is 0 Å². The number of halogens is 4. The number of hydrogen-bond acceptors (Lipinski definition) is 2. The Labute approximate surface area is 342 Å². The average Bonchev–Trinajstić information content (AvgIpc) is 4.09. The molecule has 0 saturated heterocycles. The van der Waals surface area contributed by atoms with E-state index in [1.165, 1.54) is 48.5 Å². The van der Waals surface area contributed by atoms with E-state index in [1.54, 1.807) is 30.3 Å². The second-order valence-corrected chi connectivity index (χ2v) is 14.6. The van der Waals surface area contributed by atoms with Crippen LogP contribution >= 0.6 is 0 Å². The standard InChI is InChI=1S/C52H32F4N4/c1-2-30-15-17-31(18-16-30)40-29-47-50(34-9-5-13-38(55)27-34)45-22-21-43(58-45)48(32-7-3-11-36(53)25-32)41-19-20-42(57-41)49(33-8-4-12-37(54)26-33)44-23-24-46(59-44)51(52(40)60-47)35-10-6-14-39(56)28-35/h2-29,57,60H,1H2. The van der Waals surface area contributed by atoms with Gasteiger partial charge in [-0.05, 0) is 124 Å². The molecule has 2 aliphatic rings. The largest absolute Gasteiger partial charge is 0.354 e. The molecule has 10 rings (SSSR count). The molecular weight excluding hydrogens is 757 g/mol. The third-order valence-electron chi connectivity index (χ3n) is 10.8. The summed E-state index contributed by atoms with van der Waals surface area (Å²) in [5.41, 5.74) is 11.8. The highest BCUT2D eigenvalue weighted by molar-refractivity contribution is 6.04. The Morgan fingerprint density at radius 3 is 1.22 bits per heavy atom. The van der Waals surface area contributed by atoms with E-state index in [9.17, 15) is 4.39 Å². The first kappa shape index (κ1) is 36.5. The van der Waals surface area contributed by atoms with Gasteiger partial charge in [0, 0.05) is 44.4 Å². The molecule has 0 amide bonds. The zero-order valence-corrected chi connectivity index (χ0v) is 31.8. The van der Waals surface area contributed by atoms with Crippen molar-refractivity contribution in [1.29, 1.82) is 0 Å². The van der Waals surface area contributed by atoms with Crippen molar-refractivity contribution in [3.63, 3.8) is 0 Å². The van der Waals surface area contributed by atoms with Crippen LogP contribution in [0, 0.1) is 23.3 Å². The zero-order valence-electron chi connectivity index (χ0n) is 31.8. The molecule has 0 radical (unpaired) electrons. The lowest BCUT2D eigenvalue weighted by Gasteiger charge is -2.08. The Hall–Kier alpha value is -7.84. The fourth-order valence-corrected chi connectivity index (χ4v) is 8.10. The number of aromatic amines is 2. The van der Waals surface area contributed by atoms with Crippen LogP contribution in [0.25, 0.3) is 108 Å². The molecule has 8 bridgehead atoms. The molecule has 0 aliphatic carbocycles. The predicted molar refractivity (Wildman–Crippen MR) is 236 cm³/mol. The first-order chi connectivity index (χ1) is 29.3. The average molecular weight is 789 g/mol. The van der Waals surface area contributed by atoms with Crippen LogP contribution in [0.2, 0.25) is 0 Å². The lowest BCUT2D eigenvalue weighted by molar-refractivity contribution is 0.628. The highest BCUT2D eigenvalue weighted by Crippen LogP contribution is 2.42. The number of aromatic nitrogens is 4. The van der Waals surface area contributed by atoms with Gasteiger partial charge in [-0.2, -0.15) is 0 Å². The second-order valence-electron chi connectivity index (χ2n) is 14.6. The van der Waals surface area contributed by atoms with E-state index in [1.807, 2.05) is 91.0 Å². The van der Waals surface area contributed by atoms with Crippen molar-refractivity contribution in [2.75, 3.05) is 0 Å². The summed E-state index contributed by atoms with van der Waals surface area (Å²) in [4.78, 5) is 17.7. The fourth-order valence-electron chi connectivity index (χ4n) is 8.10. The fraction of sp³-hybridized carbons (Fsp3) is 0. The number of benzene rings is 5. The Kier molecular flexibility index (Phi) is 9.02. The van der Waals surface area contributed by atoms with Gasteiger partial charge in [0.15, 0.2) is 0 Å². The molecule has 5 aromatic carbocycles. The molecule has 0 saturated carbocycles. The number of fused-ring (bicyclic) bond motifs is 8. The van der Waals surface area contributed by atoms with Gasteiger partial charge in [-0.1, -0.05) is 85.5 Å². The minimum Gasteiger partial charge on any atom is -0.354 e. The van der Waals surface area contributed by atoms with E-state index in [4.69, 9.17) is 9.97 Å². The molecule has 2 N–H and O–H groups in total. The van der Waals surface area contributed by atoms with Gasteiger partial charge in [0.05, 0.1) is 28.3 Å². The van der Waals surface area contributed by atoms with Gasteiger partial charge < -0.3 is 9.97 Å². The first-order valence-corrected chi connectivity index (χ1v) is 19.3. The smallest absolute Gasteiger partial charge is 0.123 e. The van der Waals surface area contributed by atoms with Crippen molar-refractivity contribution in [2.45, 2.75) is 0 Å². The van der Waals surface area contributed by atoms with Crippen molar-refractivity contribution in [3.8, 4) is 55.6 Å². The first-order valence-electron chi connectivity index (χ1n) is 19.3. The minimum absolute atomic E-state index is 0.420. The minimum atomic E-state index is -0.431. The molecule has 8 heteroatoms. The zero-order chi connectivity index (χ0) is 40.9. The normalized spacial score (nSPS) is 11.9. The molecule has 3 aromatic heterocycles. The molecule has 0 fully saturated rings. The highest BCUT2D eigenvalue weighted by atomic mass is 19.1. The third kappa shape index (κ3) is 6.64. The lowest BCUT2D eigenvalue weighted by Crippen LogP contribution is -1.91. The van der Waals surface area contributed by atoms with E-state index >= 15 is 13.2 Å². The molecule has 288 valence electrons. The molecule has 4 nitrogen and oxygen atoms in total. The van der Waals surface area contributed by atoms with Gasteiger partial charge in [0.2, 0.25) is 0 Å². The predicted octanol–water partition coefficient (Wildman–Crippen LogP) is 14.2. The maximum atomic E-state index is 15.3. The summed E-state index contributed by atoms with van der Waals surface area (Å²) in [7, 11) is 0. The summed E-state index contributed by atoms with van der Waals surface area (Å²) in [6, 6.07) is 38.9. The SMILES string of the molecule is C=Cc1ccc(-c2cc3[nH]c2c(-c2cccc(F)c2)c2nc(c(-c4cccc(F)c4)c4ccc([nH]4)c(-c4cccc(F)c4)c4nc(c3-c3cccc(F)c3)C=C4)C=C2)cc1. The Morgan fingerprint density at radius 2 is 0.800 bits per heavy atom. The number of rotatable bonds is 6. The maximum absolute atomic E-state index is 15.3. The van der Waals surface area contributed by atoms with Crippen molar-refractivity contribution in [3.05, 3.63) is 198 Å². The molecular formula is C52H32F4N4. The monoisotopic (exact) mass is 788 g/mol.